The van der Waals surface area contributed by atoms with E-state index >= 15 is 0 Å². The van der Waals surface area contributed by atoms with Gasteiger partial charge in [0.2, 0.25) is 0 Å². The second-order valence-corrected chi connectivity index (χ2v) is 11.1. The molecule has 2 atom stereocenters. The van der Waals surface area contributed by atoms with Crippen molar-refractivity contribution in [1.82, 2.24) is 20.0 Å². The molecule has 0 bridgehead atoms. The second kappa shape index (κ2) is 13.2. The van der Waals surface area contributed by atoms with Crippen molar-refractivity contribution in [3.63, 3.8) is 0 Å². The van der Waals surface area contributed by atoms with Crippen molar-refractivity contribution in [2.24, 2.45) is 5.92 Å². The van der Waals surface area contributed by atoms with Crippen molar-refractivity contribution >= 4 is 0 Å². The molecule has 2 aromatic rings. The first-order chi connectivity index (χ1) is 17.5. The molecule has 0 aromatic heterocycles. The van der Waals surface area contributed by atoms with Crippen molar-refractivity contribution in [2.75, 3.05) is 32.7 Å². The first kappa shape index (κ1) is 27.3. The van der Waals surface area contributed by atoms with Crippen LogP contribution in [0.1, 0.15) is 87.6 Å². The van der Waals surface area contributed by atoms with Gasteiger partial charge in [0.25, 0.3) is 0 Å². The van der Waals surface area contributed by atoms with Crippen LogP contribution in [0.15, 0.2) is 48.5 Å². The Bertz CT molecular complexity index is 919. The van der Waals surface area contributed by atoms with Gasteiger partial charge in [0.15, 0.2) is 0 Å². The van der Waals surface area contributed by atoms with Gasteiger partial charge in [-0.3, -0.25) is 4.90 Å². The fraction of sp³-hybridized carbons (Fsp3) is 0.594. The maximum atomic E-state index is 2.73. The summed E-state index contributed by atoms with van der Waals surface area (Å²) in [6.45, 7) is 18.2. The second-order valence-electron chi connectivity index (χ2n) is 11.1. The van der Waals surface area contributed by atoms with Crippen LogP contribution in [0.4, 0.5) is 0 Å². The van der Waals surface area contributed by atoms with Gasteiger partial charge in [-0.1, -0.05) is 95.0 Å². The monoisotopic (exact) mass is 489 g/mol. The number of piperazine rings is 1. The first-order valence-electron chi connectivity index (χ1n) is 14.5. The zero-order chi connectivity index (χ0) is 25.5. The topological polar surface area (TPSA) is 13.0 Å². The molecule has 2 aliphatic rings. The van der Waals surface area contributed by atoms with Crippen LogP contribution in [0.25, 0.3) is 0 Å². The van der Waals surface area contributed by atoms with Crippen LogP contribution < -0.4 is 0 Å². The van der Waals surface area contributed by atoms with E-state index in [0.717, 1.165) is 26.2 Å². The number of rotatable bonds is 12. The summed E-state index contributed by atoms with van der Waals surface area (Å²) < 4.78 is 0. The molecular formula is C32H49N4. The zero-order valence-corrected chi connectivity index (χ0v) is 23.5. The summed E-state index contributed by atoms with van der Waals surface area (Å²) in [7, 11) is 0. The first-order valence-corrected chi connectivity index (χ1v) is 14.5. The van der Waals surface area contributed by atoms with Crippen molar-refractivity contribution < 1.29 is 0 Å². The highest BCUT2D eigenvalue weighted by Crippen LogP contribution is 2.46. The lowest BCUT2D eigenvalue weighted by molar-refractivity contribution is -0.171. The van der Waals surface area contributed by atoms with Crippen LogP contribution in [0.2, 0.25) is 0 Å². The SMILES string of the molecule is CCCCCN(CCCCC)N1CC(C)[C]2C(c3ccc(C)c(C)c3)N(Cc3ccccc3)CCN21. The summed E-state index contributed by atoms with van der Waals surface area (Å²) in [5.41, 5.74) is 5.63. The standard InChI is InChI=1S/C32H49N4/c1-6-8-13-19-34(20-14-9-7-2)36-24-28(5)31-32(30-18-17-26(3)27(4)23-30)33(21-22-35(31)36)25-29-15-11-10-12-16-29/h10-12,15-18,23,28,32H,6-9,13-14,19-22,24-25H2,1-5H3. The largest absolute Gasteiger partial charge is 0.289 e. The minimum atomic E-state index is 0.325. The summed E-state index contributed by atoms with van der Waals surface area (Å²) in [5, 5.41) is 8.03. The van der Waals surface area contributed by atoms with Gasteiger partial charge in [-0.2, -0.15) is 5.12 Å². The van der Waals surface area contributed by atoms with Gasteiger partial charge in [0, 0.05) is 39.3 Å². The molecule has 0 spiro atoms. The summed E-state index contributed by atoms with van der Waals surface area (Å²) >= 11 is 0. The van der Waals surface area contributed by atoms with Gasteiger partial charge >= 0.3 is 0 Å². The quantitative estimate of drug-likeness (QED) is 0.293. The Labute approximate surface area is 221 Å². The Balaban J connectivity index is 1.62. The molecule has 4 nitrogen and oxygen atoms in total. The molecule has 2 fully saturated rings. The maximum absolute atomic E-state index is 2.73. The molecule has 2 aromatic carbocycles. The average Bonchev–Trinajstić information content (AvgIpc) is 3.22. The van der Waals surface area contributed by atoms with Gasteiger partial charge in [-0.15, -0.1) is 0 Å². The molecule has 2 aliphatic heterocycles. The highest BCUT2D eigenvalue weighted by atomic mass is 15.9. The number of fused-ring (bicyclic) bond motifs is 1. The molecule has 197 valence electrons. The number of hydrogen-bond donors (Lipinski definition) is 0. The number of unbranched alkanes of at least 4 members (excludes halogenated alkanes) is 4. The van der Waals surface area contributed by atoms with E-state index < -0.39 is 0 Å². The highest BCUT2D eigenvalue weighted by Gasteiger charge is 2.49. The minimum Gasteiger partial charge on any atom is -0.289 e. The van der Waals surface area contributed by atoms with E-state index in [1.54, 1.807) is 6.04 Å². The van der Waals surface area contributed by atoms with Gasteiger partial charge in [-0.25, -0.2) is 10.0 Å². The molecule has 2 heterocycles. The smallest absolute Gasteiger partial charge is 0.0824 e. The number of aryl methyl sites for hydroxylation is 2. The normalized spacial score (nSPS) is 21.9. The molecule has 4 heteroatoms. The number of benzene rings is 2. The minimum absolute atomic E-state index is 0.325. The van der Waals surface area contributed by atoms with E-state index in [0.29, 0.717) is 12.0 Å². The molecule has 1 radical (unpaired) electrons. The van der Waals surface area contributed by atoms with Gasteiger partial charge in [0.05, 0.1) is 12.1 Å². The van der Waals surface area contributed by atoms with Gasteiger partial charge in [0.1, 0.15) is 0 Å². The third-order valence-electron chi connectivity index (χ3n) is 8.20. The molecular weight excluding hydrogens is 440 g/mol. The zero-order valence-electron chi connectivity index (χ0n) is 23.5. The van der Waals surface area contributed by atoms with Crippen molar-refractivity contribution in [1.29, 1.82) is 0 Å². The number of hydrogen-bond acceptors (Lipinski definition) is 4. The third-order valence-corrected chi connectivity index (χ3v) is 8.20. The molecule has 0 N–H and O–H groups in total. The predicted molar refractivity (Wildman–Crippen MR) is 152 cm³/mol. The molecule has 2 saturated heterocycles. The Morgan fingerprint density at radius 3 is 2.17 bits per heavy atom. The van der Waals surface area contributed by atoms with Crippen LogP contribution in [-0.4, -0.2) is 52.8 Å². The fourth-order valence-corrected chi connectivity index (χ4v) is 6.02. The summed E-state index contributed by atoms with van der Waals surface area (Å²) in [6, 6.07) is 20.1. The lowest BCUT2D eigenvalue weighted by Gasteiger charge is -2.49. The molecule has 0 amide bonds. The molecule has 36 heavy (non-hydrogen) atoms. The van der Waals surface area contributed by atoms with Crippen molar-refractivity contribution in [3.05, 3.63) is 76.8 Å². The molecule has 2 unspecified atom stereocenters. The Morgan fingerprint density at radius 2 is 1.53 bits per heavy atom. The molecule has 4 rings (SSSR count). The van der Waals surface area contributed by atoms with E-state index in [-0.39, 0.29) is 0 Å². The lowest BCUT2D eigenvalue weighted by atomic mass is 9.86. The lowest BCUT2D eigenvalue weighted by Crippen LogP contribution is -2.57. The summed E-state index contributed by atoms with van der Waals surface area (Å²) in [5.74, 6) is 0.537. The van der Waals surface area contributed by atoms with Crippen LogP contribution >= 0.6 is 0 Å². The number of hydrazine groups is 2. The molecule has 0 saturated carbocycles. The summed E-state index contributed by atoms with van der Waals surface area (Å²) in [6.07, 6.45) is 7.78. The maximum Gasteiger partial charge on any atom is 0.0824 e. The van der Waals surface area contributed by atoms with Crippen LogP contribution in [0.5, 0.6) is 0 Å². The van der Waals surface area contributed by atoms with Crippen LogP contribution in [-0.2, 0) is 6.54 Å². The number of nitrogens with zero attached hydrogens (tertiary/aromatic N) is 4. The van der Waals surface area contributed by atoms with Crippen LogP contribution in [0.3, 0.4) is 0 Å². The van der Waals surface area contributed by atoms with E-state index in [1.165, 1.54) is 73.9 Å². The van der Waals surface area contributed by atoms with Gasteiger partial charge < -0.3 is 0 Å². The molecule has 0 aliphatic carbocycles. The third kappa shape index (κ3) is 6.39. The Kier molecular flexibility index (Phi) is 10.0. The Hall–Kier alpha value is -1.72. The van der Waals surface area contributed by atoms with Gasteiger partial charge in [-0.05, 0) is 54.9 Å². The average molecular weight is 490 g/mol. The van der Waals surface area contributed by atoms with Crippen LogP contribution in [0, 0.1) is 25.8 Å². The van der Waals surface area contributed by atoms with E-state index in [9.17, 15) is 0 Å². The highest BCUT2D eigenvalue weighted by molar-refractivity contribution is 5.35. The predicted octanol–water partition coefficient (Wildman–Crippen LogP) is 7.16. The van der Waals surface area contributed by atoms with Crippen molar-refractivity contribution in [2.45, 2.75) is 85.7 Å². The Morgan fingerprint density at radius 1 is 0.833 bits per heavy atom. The fourth-order valence-electron chi connectivity index (χ4n) is 6.02. The summed E-state index contributed by atoms with van der Waals surface area (Å²) in [4.78, 5) is 2.73. The van der Waals surface area contributed by atoms with E-state index in [4.69, 9.17) is 0 Å². The van der Waals surface area contributed by atoms with E-state index in [2.05, 4.69) is 103 Å². The van der Waals surface area contributed by atoms with E-state index in [1.807, 2.05) is 0 Å². The van der Waals surface area contributed by atoms with Crippen molar-refractivity contribution in [3.8, 4) is 0 Å².